The van der Waals surface area contributed by atoms with Crippen molar-refractivity contribution in [1.29, 1.82) is 5.26 Å². The Bertz CT molecular complexity index is 811. The standard InChI is InChI=1S/C19H19N3O/c20-13-17(19(21)23)11-14-4-5-16-12-18(7-6-15(16)10-14)22-8-2-1-3-9-22/h4-7,10-12H,1-3,8-9H2,(H2,21,23). The van der Waals surface area contributed by atoms with E-state index >= 15 is 0 Å². The predicted octanol–water partition coefficient (Wildman–Crippen LogP) is 3.22. The molecule has 0 spiro atoms. The molecule has 4 nitrogen and oxygen atoms in total. The van der Waals surface area contributed by atoms with E-state index in [1.54, 1.807) is 0 Å². The Labute approximate surface area is 135 Å². The van der Waals surface area contributed by atoms with Crippen molar-refractivity contribution in [3.8, 4) is 6.07 Å². The molecular formula is C19H19N3O. The summed E-state index contributed by atoms with van der Waals surface area (Å²) in [6, 6.07) is 14.2. The Morgan fingerprint density at radius 1 is 1.09 bits per heavy atom. The first-order valence-electron chi connectivity index (χ1n) is 7.88. The number of hydrogen-bond donors (Lipinski definition) is 1. The van der Waals surface area contributed by atoms with E-state index in [-0.39, 0.29) is 5.57 Å². The summed E-state index contributed by atoms with van der Waals surface area (Å²) in [5.74, 6) is -0.701. The number of anilines is 1. The molecule has 4 heteroatoms. The highest BCUT2D eigenvalue weighted by Gasteiger charge is 2.11. The van der Waals surface area contributed by atoms with E-state index in [0.717, 1.165) is 29.4 Å². The minimum Gasteiger partial charge on any atom is -0.372 e. The summed E-state index contributed by atoms with van der Waals surface area (Å²) in [6.07, 6.45) is 5.36. The fourth-order valence-electron chi connectivity index (χ4n) is 3.02. The molecule has 3 rings (SSSR count). The SMILES string of the molecule is N#CC(=Cc1ccc2cc(N3CCCCC3)ccc2c1)C(N)=O. The van der Waals surface area contributed by atoms with Crippen LogP contribution in [0.25, 0.3) is 16.8 Å². The van der Waals surface area contributed by atoms with Crippen molar-refractivity contribution in [2.75, 3.05) is 18.0 Å². The number of nitrogens with two attached hydrogens (primary N) is 1. The molecule has 0 unspecified atom stereocenters. The van der Waals surface area contributed by atoms with Gasteiger partial charge < -0.3 is 10.6 Å². The number of primary amides is 1. The average molecular weight is 305 g/mol. The lowest BCUT2D eigenvalue weighted by Gasteiger charge is -2.29. The van der Waals surface area contributed by atoms with Crippen molar-refractivity contribution in [3.63, 3.8) is 0 Å². The van der Waals surface area contributed by atoms with Gasteiger partial charge in [0.25, 0.3) is 5.91 Å². The molecule has 1 heterocycles. The van der Waals surface area contributed by atoms with Crippen molar-refractivity contribution in [1.82, 2.24) is 0 Å². The molecule has 0 aromatic heterocycles. The summed E-state index contributed by atoms with van der Waals surface area (Å²) < 4.78 is 0. The van der Waals surface area contributed by atoms with Gasteiger partial charge in [0.2, 0.25) is 0 Å². The maximum Gasteiger partial charge on any atom is 0.259 e. The van der Waals surface area contributed by atoms with Gasteiger partial charge in [0.1, 0.15) is 11.6 Å². The summed E-state index contributed by atoms with van der Waals surface area (Å²) in [7, 11) is 0. The minimum absolute atomic E-state index is 0.0331. The summed E-state index contributed by atoms with van der Waals surface area (Å²) >= 11 is 0. The number of nitrogens with zero attached hydrogens (tertiary/aromatic N) is 2. The van der Waals surface area contributed by atoms with Crippen LogP contribution in [0.3, 0.4) is 0 Å². The first-order valence-corrected chi connectivity index (χ1v) is 7.88. The molecule has 0 saturated carbocycles. The molecule has 1 fully saturated rings. The van der Waals surface area contributed by atoms with Gasteiger partial charge in [0, 0.05) is 18.8 Å². The second kappa shape index (κ2) is 6.53. The third-order valence-corrected chi connectivity index (χ3v) is 4.27. The number of hydrogen-bond acceptors (Lipinski definition) is 3. The lowest BCUT2D eigenvalue weighted by Crippen LogP contribution is -2.29. The second-order valence-electron chi connectivity index (χ2n) is 5.87. The number of carbonyl (C=O) groups excluding carboxylic acids is 1. The van der Waals surface area contributed by atoms with Crippen molar-refractivity contribution in [3.05, 3.63) is 47.5 Å². The number of amides is 1. The van der Waals surface area contributed by atoms with Crippen molar-refractivity contribution in [2.24, 2.45) is 5.73 Å². The van der Waals surface area contributed by atoms with Gasteiger partial charge in [-0.3, -0.25) is 4.79 Å². The molecule has 2 aromatic rings. The van der Waals surface area contributed by atoms with E-state index in [1.807, 2.05) is 24.3 Å². The molecule has 116 valence electrons. The summed E-state index contributed by atoms with van der Waals surface area (Å²) in [5.41, 5.74) is 7.21. The number of benzene rings is 2. The van der Waals surface area contributed by atoms with Gasteiger partial charge in [0.05, 0.1) is 0 Å². The van der Waals surface area contributed by atoms with Crippen LogP contribution in [-0.2, 0) is 4.79 Å². The number of fused-ring (bicyclic) bond motifs is 1. The summed E-state index contributed by atoms with van der Waals surface area (Å²) in [4.78, 5) is 13.6. The van der Waals surface area contributed by atoms with Crippen LogP contribution >= 0.6 is 0 Å². The van der Waals surface area contributed by atoms with Crippen LogP contribution in [-0.4, -0.2) is 19.0 Å². The van der Waals surface area contributed by atoms with Crippen LogP contribution in [0.2, 0.25) is 0 Å². The molecule has 1 saturated heterocycles. The Kier molecular flexibility index (Phi) is 4.29. The highest BCUT2D eigenvalue weighted by Crippen LogP contribution is 2.26. The average Bonchev–Trinajstić information content (AvgIpc) is 2.59. The molecule has 0 bridgehead atoms. The van der Waals surface area contributed by atoms with Crippen molar-refractivity contribution in [2.45, 2.75) is 19.3 Å². The van der Waals surface area contributed by atoms with E-state index in [4.69, 9.17) is 11.0 Å². The zero-order chi connectivity index (χ0) is 16.2. The fourth-order valence-corrected chi connectivity index (χ4v) is 3.02. The van der Waals surface area contributed by atoms with Gasteiger partial charge in [-0.2, -0.15) is 5.26 Å². The molecular weight excluding hydrogens is 286 g/mol. The Hall–Kier alpha value is -2.80. The molecule has 2 aromatic carbocycles. The molecule has 23 heavy (non-hydrogen) atoms. The third kappa shape index (κ3) is 3.35. The number of rotatable bonds is 3. The third-order valence-electron chi connectivity index (χ3n) is 4.27. The minimum atomic E-state index is -0.701. The first kappa shape index (κ1) is 15.1. The van der Waals surface area contributed by atoms with Crippen LogP contribution in [0.15, 0.2) is 42.0 Å². The van der Waals surface area contributed by atoms with Crippen LogP contribution in [0, 0.1) is 11.3 Å². The molecule has 1 aliphatic heterocycles. The maximum absolute atomic E-state index is 11.1. The summed E-state index contributed by atoms with van der Waals surface area (Å²) in [5, 5.41) is 11.2. The van der Waals surface area contributed by atoms with Crippen LogP contribution < -0.4 is 10.6 Å². The van der Waals surface area contributed by atoms with Gasteiger partial charge in [-0.25, -0.2) is 0 Å². The molecule has 2 N–H and O–H groups in total. The van der Waals surface area contributed by atoms with Crippen LogP contribution in [0.1, 0.15) is 24.8 Å². The van der Waals surface area contributed by atoms with Gasteiger partial charge in [-0.15, -0.1) is 0 Å². The maximum atomic E-state index is 11.1. The Morgan fingerprint density at radius 2 is 1.78 bits per heavy atom. The molecule has 0 radical (unpaired) electrons. The molecule has 1 aliphatic rings. The zero-order valence-electron chi connectivity index (χ0n) is 13.0. The first-order chi connectivity index (χ1) is 11.2. The van der Waals surface area contributed by atoms with Crippen LogP contribution in [0.5, 0.6) is 0 Å². The van der Waals surface area contributed by atoms with Crippen molar-refractivity contribution >= 4 is 28.4 Å². The zero-order valence-corrected chi connectivity index (χ0v) is 13.0. The quantitative estimate of drug-likeness (QED) is 0.699. The smallest absolute Gasteiger partial charge is 0.259 e. The van der Waals surface area contributed by atoms with E-state index in [0.29, 0.717) is 0 Å². The highest BCUT2D eigenvalue weighted by molar-refractivity contribution is 6.01. The number of nitriles is 1. The van der Waals surface area contributed by atoms with E-state index < -0.39 is 5.91 Å². The number of piperidine rings is 1. The Morgan fingerprint density at radius 3 is 2.48 bits per heavy atom. The van der Waals surface area contributed by atoms with E-state index in [9.17, 15) is 4.79 Å². The lowest BCUT2D eigenvalue weighted by molar-refractivity contribution is -0.114. The predicted molar refractivity (Wildman–Crippen MR) is 92.8 cm³/mol. The Balaban J connectivity index is 1.93. The largest absolute Gasteiger partial charge is 0.372 e. The van der Waals surface area contributed by atoms with E-state index in [1.165, 1.54) is 31.0 Å². The monoisotopic (exact) mass is 305 g/mol. The second-order valence-corrected chi connectivity index (χ2v) is 5.87. The van der Waals surface area contributed by atoms with Gasteiger partial charge in [0.15, 0.2) is 0 Å². The van der Waals surface area contributed by atoms with E-state index in [2.05, 4.69) is 23.1 Å². The summed E-state index contributed by atoms with van der Waals surface area (Å²) in [6.45, 7) is 2.24. The molecule has 0 atom stereocenters. The van der Waals surface area contributed by atoms with Crippen molar-refractivity contribution < 1.29 is 4.79 Å². The van der Waals surface area contributed by atoms with Gasteiger partial charge in [-0.05, 0) is 59.9 Å². The fraction of sp³-hybridized carbons (Fsp3) is 0.263. The van der Waals surface area contributed by atoms with Gasteiger partial charge in [-0.1, -0.05) is 18.2 Å². The highest BCUT2D eigenvalue weighted by atomic mass is 16.1. The molecule has 1 amide bonds. The topological polar surface area (TPSA) is 70.1 Å². The van der Waals surface area contributed by atoms with Gasteiger partial charge >= 0.3 is 0 Å². The number of carbonyl (C=O) groups is 1. The normalized spacial score (nSPS) is 15.4. The molecule has 0 aliphatic carbocycles. The van der Waals surface area contributed by atoms with Crippen LogP contribution in [0.4, 0.5) is 5.69 Å². The lowest BCUT2D eigenvalue weighted by atomic mass is 10.0.